The number of alkyl halides is 3. The number of halogens is 3. The summed E-state index contributed by atoms with van der Waals surface area (Å²) in [6.07, 6.45) is 1.99. The van der Waals surface area contributed by atoms with Gasteiger partial charge in [-0.05, 0) is 237 Å². The highest BCUT2D eigenvalue weighted by molar-refractivity contribution is 7.98. The average molecular weight is 1950 g/mol. The van der Waals surface area contributed by atoms with Gasteiger partial charge < -0.3 is 20.4 Å². The van der Waals surface area contributed by atoms with Crippen molar-refractivity contribution in [3.8, 4) is 17.2 Å². The summed E-state index contributed by atoms with van der Waals surface area (Å²) in [6.45, 7) is 45.2. The van der Waals surface area contributed by atoms with Gasteiger partial charge in [0.1, 0.15) is 17.2 Å². The lowest BCUT2D eigenvalue weighted by atomic mass is 9.71. The first-order valence-electron chi connectivity index (χ1n) is 50.0. The molecule has 0 atom stereocenters. The number of carboxylic acid groups (broad SMARTS) is 1. The highest BCUT2D eigenvalue weighted by Gasteiger charge is 2.32. The van der Waals surface area contributed by atoms with E-state index in [4.69, 9.17) is 5.11 Å². The Bertz CT molecular complexity index is 5200. The van der Waals surface area contributed by atoms with Crippen LogP contribution in [0.1, 0.15) is 285 Å². The number of aromatic hydroxyl groups is 3. The van der Waals surface area contributed by atoms with Crippen molar-refractivity contribution in [2.24, 2.45) is 0 Å². The first-order chi connectivity index (χ1) is 68.9. The summed E-state index contributed by atoms with van der Waals surface area (Å²) in [5, 5.41) is 47.6. The van der Waals surface area contributed by atoms with Gasteiger partial charge in [-0.2, -0.15) is 13.2 Å². The molecule has 0 aliphatic heterocycles. The molecule has 0 aliphatic rings. The van der Waals surface area contributed by atoms with Crippen molar-refractivity contribution >= 4 is 23.4 Å². The van der Waals surface area contributed by atoms with Gasteiger partial charge in [0, 0.05) is 22.4 Å². The predicted molar refractivity (Wildman–Crippen MR) is 607 cm³/mol. The molecule has 0 aromatic heterocycles. The lowest BCUT2D eigenvalue weighted by molar-refractivity contribution is -0.384. The molecule has 0 saturated carbocycles. The Balaban J connectivity index is 0.000000536. The molecular weight excluding hydrogens is 1790 g/mol. The first-order valence-corrected chi connectivity index (χ1v) is 51.2. The lowest BCUT2D eigenvalue weighted by Gasteiger charge is -2.32. The maximum atomic E-state index is 12.1. The fourth-order valence-corrected chi connectivity index (χ4v) is 14.0. The highest BCUT2D eigenvalue weighted by atomic mass is 32.2. The Labute approximate surface area is 861 Å². The van der Waals surface area contributed by atoms with E-state index in [-0.39, 0.29) is 33.8 Å². The number of nitro benzene ring substituents is 1. The number of aryl methyl sites for hydroxylation is 1. The minimum Gasteiger partial charge on any atom is -0.508 e. The van der Waals surface area contributed by atoms with Crippen LogP contribution in [0.4, 0.5) is 18.9 Å². The summed E-state index contributed by atoms with van der Waals surface area (Å²) in [5.74, 6) is 2.21. The van der Waals surface area contributed by atoms with Crippen molar-refractivity contribution in [3.05, 3.63) is 553 Å². The second kappa shape index (κ2) is 73.1. The van der Waals surface area contributed by atoms with Crippen LogP contribution in [0.15, 0.2) is 442 Å². The first kappa shape index (κ1) is 125. The monoisotopic (exact) mass is 1950 g/mol. The number of hydrogen-bond acceptors (Lipinski definition) is 7. The van der Waals surface area contributed by atoms with Crippen LogP contribution in [0.2, 0.25) is 0 Å². The molecular formula is C131H158F3NO7S. The minimum atomic E-state index is -4.23. The number of thioether (sulfide) groups is 1. The zero-order chi connectivity index (χ0) is 106. The van der Waals surface area contributed by atoms with Gasteiger partial charge in [-0.25, -0.2) is 4.79 Å². The topological polar surface area (TPSA) is 141 Å². The number of carbonyl (C=O) groups is 1. The largest absolute Gasteiger partial charge is 0.508 e. The van der Waals surface area contributed by atoms with Crippen molar-refractivity contribution in [1.29, 1.82) is 0 Å². The Morgan fingerprint density at radius 1 is 0.287 bits per heavy atom. The van der Waals surface area contributed by atoms with E-state index in [1.54, 1.807) is 72.4 Å². The molecule has 0 amide bonds. The Hall–Kier alpha value is -14.1. The number of non-ortho nitro benzene ring substituents is 1. The number of carboxylic acids is 1. The molecule has 16 aromatic rings. The summed E-state index contributed by atoms with van der Waals surface area (Å²) in [4.78, 5) is 21.7. The average Bonchev–Trinajstić information content (AvgIpc) is 0.762. The molecule has 756 valence electrons. The lowest BCUT2D eigenvalue weighted by Crippen LogP contribution is -2.25. The molecule has 0 bridgehead atoms. The van der Waals surface area contributed by atoms with E-state index < -0.39 is 23.1 Å². The fourth-order valence-electron chi connectivity index (χ4n) is 13.6. The normalized spacial score (nSPS) is 9.98. The molecule has 143 heavy (non-hydrogen) atoms. The molecule has 0 radical (unpaired) electrons. The van der Waals surface area contributed by atoms with E-state index in [0.717, 1.165) is 65.6 Å². The summed E-state index contributed by atoms with van der Waals surface area (Å²) >= 11 is 1.79. The van der Waals surface area contributed by atoms with E-state index in [1.165, 1.54) is 95.9 Å². The molecule has 16 rings (SSSR count). The number of benzene rings is 16. The zero-order valence-corrected chi connectivity index (χ0v) is 89.6. The predicted octanol–water partition coefficient (Wildman–Crippen LogP) is 38.1. The van der Waals surface area contributed by atoms with Crippen LogP contribution in [0.5, 0.6) is 17.2 Å². The number of phenolic OH excluding ortho intramolecular Hbond substituents is 3. The molecule has 4 N–H and O–H groups in total. The maximum absolute atomic E-state index is 12.1. The molecule has 0 unspecified atom stereocenters. The van der Waals surface area contributed by atoms with Crippen LogP contribution < -0.4 is 0 Å². The highest BCUT2D eigenvalue weighted by Crippen LogP contribution is 2.41. The Morgan fingerprint density at radius 3 is 0.650 bits per heavy atom. The minimum absolute atomic E-state index is 0.152. The zero-order valence-electron chi connectivity index (χ0n) is 88.8. The van der Waals surface area contributed by atoms with Gasteiger partial charge >= 0.3 is 12.1 Å². The van der Waals surface area contributed by atoms with Gasteiger partial charge in [-0.3, -0.25) is 10.1 Å². The quantitative estimate of drug-likeness (QED) is 0.0271. The van der Waals surface area contributed by atoms with Crippen molar-refractivity contribution < 1.29 is 43.3 Å². The van der Waals surface area contributed by atoms with Gasteiger partial charge in [0.2, 0.25) is 0 Å². The third-order valence-electron chi connectivity index (χ3n) is 21.7. The van der Waals surface area contributed by atoms with E-state index in [2.05, 4.69) is 367 Å². The van der Waals surface area contributed by atoms with Gasteiger partial charge in [-0.15, -0.1) is 11.8 Å². The van der Waals surface area contributed by atoms with E-state index in [0.29, 0.717) is 29.2 Å². The summed E-state index contributed by atoms with van der Waals surface area (Å²) in [7, 11) is 0. The SMILES string of the molecule is CC.CC.CC.CC.CC.CC(C)c1ccc(C(=O)O)cc1.CC(C)c1ccc(C(F)(F)F)cc1.CC(C)c1ccc([N+](=O)[O-])cc1.CC(c1ccc(O)cc1)(c1ccc(O)cc1)c1ccc(O)cc1.CSc1ccc(C(C)C)cc1.Cc1ccc(C(C)C)cc1.c1ccc(Cc2ccccc2)cc1.c1ccc(Cc2ccccc2)cc1.c1ccc(Cc2ccccc2)cc1.c1ccc(Cc2ccccc2)cc1. The van der Waals surface area contributed by atoms with E-state index >= 15 is 0 Å². The number of rotatable bonds is 19. The Kier molecular flexibility index (Phi) is 63.9. The van der Waals surface area contributed by atoms with Crippen LogP contribution in [0, 0.1) is 17.0 Å². The molecule has 0 aliphatic carbocycles. The third kappa shape index (κ3) is 50.8. The number of nitrogens with zero attached hydrogens (tertiary/aromatic N) is 1. The van der Waals surface area contributed by atoms with Crippen LogP contribution in [0.25, 0.3) is 0 Å². The van der Waals surface area contributed by atoms with Gasteiger partial charge in [0.25, 0.3) is 5.69 Å². The van der Waals surface area contributed by atoms with Crippen LogP contribution in [-0.4, -0.2) is 37.6 Å². The maximum Gasteiger partial charge on any atom is 0.416 e. The molecule has 8 nitrogen and oxygen atoms in total. The molecule has 12 heteroatoms. The van der Waals surface area contributed by atoms with Gasteiger partial charge in [0.15, 0.2) is 0 Å². The number of phenols is 3. The molecule has 16 aromatic carbocycles. The molecule has 0 spiro atoms. The van der Waals surface area contributed by atoms with Gasteiger partial charge in [0.05, 0.1) is 16.1 Å². The Morgan fingerprint density at radius 2 is 0.469 bits per heavy atom. The summed E-state index contributed by atoms with van der Waals surface area (Å²) < 4.78 is 36.4. The fraction of sp³-hybridized carbons (Fsp3) is 0.260. The van der Waals surface area contributed by atoms with Crippen LogP contribution >= 0.6 is 11.8 Å². The molecule has 0 saturated heterocycles. The number of aromatic carboxylic acids is 1. The number of hydrogen-bond donors (Lipinski definition) is 4. The van der Waals surface area contributed by atoms with Crippen LogP contribution in [0.3, 0.4) is 0 Å². The van der Waals surface area contributed by atoms with E-state index in [1.807, 2.05) is 132 Å². The summed E-state index contributed by atoms with van der Waals surface area (Å²) in [5.41, 5.74) is 20.8. The van der Waals surface area contributed by atoms with Crippen LogP contribution in [-0.2, 0) is 37.3 Å². The third-order valence-corrected chi connectivity index (χ3v) is 22.5. The van der Waals surface area contributed by atoms with Gasteiger partial charge in [-0.1, -0.05) is 496 Å². The van der Waals surface area contributed by atoms with Crippen molar-refractivity contribution in [1.82, 2.24) is 0 Å². The van der Waals surface area contributed by atoms with Crippen molar-refractivity contribution in [2.75, 3.05) is 6.26 Å². The van der Waals surface area contributed by atoms with Crippen molar-refractivity contribution in [2.45, 2.75) is 224 Å². The summed E-state index contributed by atoms with van der Waals surface area (Å²) in [6, 6.07) is 142. The van der Waals surface area contributed by atoms with E-state index in [9.17, 15) is 43.4 Å². The number of nitro groups is 1. The molecule has 0 fully saturated rings. The second-order valence-electron chi connectivity index (χ2n) is 33.7. The second-order valence-corrected chi connectivity index (χ2v) is 34.6. The molecule has 0 heterocycles. The van der Waals surface area contributed by atoms with Crippen molar-refractivity contribution in [3.63, 3.8) is 0 Å². The smallest absolute Gasteiger partial charge is 0.416 e. The standard InChI is InChI=1S/C20H18O3.4C13H12.C10H11F3.C10H12O2.C10H14S.C10H14.C9H11NO2.5C2H6/c1-20(14-2-8-17(21)9-3-14,15-4-10-18(22)11-5-15)16-6-12-19(23)13-7-16;4*1-3-7-12(8-4-1)11-13-9-5-2-6-10-13;1-7(2)8-3-5-9(6-4-8)10(11,12)13;1-7(2)8-3-5-9(6-4-8)10(11)12;1-8(2)9-4-6-10(11-3)7-5-9;1-8(2)10-6-4-9(3)5-7-10;1-7(2)8-3-5-9(6-4-8)10(11)12;5*1-2/h2-13,21-23H,1H3;4*1-10H,11H2;3-7H,1-2H3;3-7H,1-2H3,(H,11,12);4-8H,1-3H3;4-8H,1-3H3;3-7H,1-2H3;5*1-2H3.